The van der Waals surface area contributed by atoms with Crippen molar-refractivity contribution in [1.29, 1.82) is 0 Å². The topological polar surface area (TPSA) is 108 Å². The van der Waals surface area contributed by atoms with E-state index in [9.17, 15) is 40.6 Å². The van der Waals surface area contributed by atoms with Gasteiger partial charge in [0.25, 0.3) is 0 Å². The Morgan fingerprint density at radius 1 is 1.15 bits per heavy atom. The number of methoxy groups -OCH3 is 1. The van der Waals surface area contributed by atoms with Gasteiger partial charge in [0, 0.05) is 35.4 Å². The van der Waals surface area contributed by atoms with Crippen molar-refractivity contribution in [3.63, 3.8) is 0 Å². The van der Waals surface area contributed by atoms with E-state index in [-0.39, 0.29) is 17.0 Å². The highest BCUT2D eigenvalue weighted by atomic mass is 19.4. The van der Waals surface area contributed by atoms with Crippen molar-refractivity contribution in [1.82, 2.24) is 9.97 Å². The van der Waals surface area contributed by atoms with Crippen molar-refractivity contribution in [2.45, 2.75) is 43.3 Å². The first-order valence-corrected chi connectivity index (χ1v) is 11.6. The number of carbonyl (C=O) groups is 1. The third-order valence-electron chi connectivity index (χ3n) is 6.69. The summed E-state index contributed by atoms with van der Waals surface area (Å²) in [7, 11) is 1.32. The lowest BCUT2D eigenvalue weighted by Gasteiger charge is -2.32. The average molecular weight is 573 g/mol. The molecule has 3 N–H and O–H groups in total. The molecule has 0 unspecified atom stereocenters. The molecule has 2 aromatic heterocycles. The molecule has 0 radical (unpaired) electrons. The molecule has 0 saturated carbocycles. The molecule has 0 saturated heterocycles. The second kappa shape index (κ2) is 10.0. The molecule has 1 aliphatic heterocycles. The van der Waals surface area contributed by atoms with Gasteiger partial charge >= 0.3 is 12.4 Å². The molecule has 1 aromatic carbocycles. The van der Waals surface area contributed by atoms with Gasteiger partial charge in [-0.05, 0) is 43.7 Å². The number of fused-ring (bicyclic) bond motifs is 1. The van der Waals surface area contributed by atoms with Gasteiger partial charge in [-0.2, -0.15) is 26.3 Å². The minimum Gasteiger partial charge on any atom is -0.496 e. The van der Waals surface area contributed by atoms with Crippen LogP contribution in [0.2, 0.25) is 0 Å². The Morgan fingerprint density at radius 2 is 1.80 bits per heavy atom. The Balaban J connectivity index is 1.84. The van der Waals surface area contributed by atoms with E-state index in [1.54, 1.807) is 6.92 Å². The molecule has 2 atom stereocenters. The van der Waals surface area contributed by atoms with E-state index in [0.717, 1.165) is 24.3 Å². The van der Waals surface area contributed by atoms with Crippen molar-refractivity contribution in [2.24, 2.45) is 5.73 Å². The number of Topliss-reactive ketones (excluding diaryl/α,β-unsaturated/α-hetero) is 1. The van der Waals surface area contributed by atoms with E-state index in [4.69, 9.17) is 15.2 Å². The van der Waals surface area contributed by atoms with Gasteiger partial charge in [-0.25, -0.2) is 9.37 Å². The van der Waals surface area contributed by atoms with Crippen molar-refractivity contribution in [3.05, 3.63) is 70.9 Å². The second-order valence-electron chi connectivity index (χ2n) is 9.32. The largest absolute Gasteiger partial charge is 0.496 e. The molecule has 214 valence electrons. The molecule has 0 amide bonds. The molecule has 3 aromatic rings. The number of benzene rings is 1. The summed E-state index contributed by atoms with van der Waals surface area (Å²) in [5.74, 6) is -1.94. The average Bonchev–Trinajstić information content (AvgIpc) is 3.24. The fourth-order valence-corrected chi connectivity index (χ4v) is 4.24. The summed E-state index contributed by atoms with van der Waals surface area (Å²) < 4.78 is 109. The number of aryl methyl sites for hydroxylation is 1. The lowest BCUT2D eigenvalue weighted by Crippen LogP contribution is -2.52. The summed E-state index contributed by atoms with van der Waals surface area (Å²) in [6, 6.07) is 5.58. The maximum absolute atomic E-state index is 14.4. The van der Waals surface area contributed by atoms with E-state index in [2.05, 4.69) is 9.97 Å². The number of aromatic nitrogens is 2. The Labute approximate surface area is 222 Å². The Morgan fingerprint density at radius 3 is 2.38 bits per heavy atom. The summed E-state index contributed by atoms with van der Waals surface area (Å²) >= 11 is 0. The zero-order valence-corrected chi connectivity index (χ0v) is 21.0. The number of nitrogens with zero attached hydrogens (tertiary/aromatic N) is 2. The zero-order chi connectivity index (χ0) is 29.7. The maximum Gasteiger partial charge on any atom is 0.422 e. The molecule has 4 rings (SSSR count). The van der Waals surface area contributed by atoms with Crippen LogP contribution in [0.4, 0.5) is 30.7 Å². The molecule has 0 bridgehead atoms. The van der Waals surface area contributed by atoms with Gasteiger partial charge in [-0.3, -0.25) is 9.78 Å². The van der Waals surface area contributed by atoms with Gasteiger partial charge < -0.3 is 20.3 Å². The first-order valence-electron chi connectivity index (χ1n) is 11.6. The van der Waals surface area contributed by atoms with Crippen LogP contribution < -0.4 is 15.2 Å². The molecular formula is C26H22F7N3O4. The second-order valence-corrected chi connectivity index (χ2v) is 9.32. The highest BCUT2D eigenvalue weighted by Crippen LogP contribution is 2.51. The Kier molecular flexibility index (Phi) is 7.30. The van der Waals surface area contributed by atoms with E-state index in [1.165, 1.54) is 19.4 Å². The van der Waals surface area contributed by atoms with Crippen LogP contribution in [-0.2, 0) is 11.1 Å². The molecule has 0 aliphatic carbocycles. The van der Waals surface area contributed by atoms with E-state index < -0.39 is 77.2 Å². The van der Waals surface area contributed by atoms with Crippen molar-refractivity contribution in [2.75, 3.05) is 13.7 Å². The van der Waals surface area contributed by atoms with Gasteiger partial charge in [0.1, 0.15) is 29.6 Å². The molecule has 7 nitrogen and oxygen atoms in total. The summed E-state index contributed by atoms with van der Waals surface area (Å²) in [5.41, 5.74) is -3.98. The van der Waals surface area contributed by atoms with Crippen LogP contribution >= 0.6 is 0 Å². The number of pyridine rings is 2. The number of nitrogens with two attached hydrogens (primary N) is 1. The quantitative estimate of drug-likeness (QED) is 0.299. The van der Waals surface area contributed by atoms with Gasteiger partial charge in [-0.1, -0.05) is 0 Å². The summed E-state index contributed by atoms with van der Waals surface area (Å²) in [5, 5.41) is 11.0. The SMILES string of the molecule is COc1cc(C(=O)CC[C@](O)(c2cc3c(c(-c4ccc(F)cc4)n2)OC[C@@]3(N)C(F)(F)F)C(F)(F)F)ncc1C. The number of rotatable bonds is 7. The van der Waals surface area contributed by atoms with Gasteiger partial charge in [-0.15, -0.1) is 0 Å². The number of ether oxygens (including phenoxy) is 2. The molecule has 3 heterocycles. The third-order valence-corrected chi connectivity index (χ3v) is 6.69. The monoisotopic (exact) mass is 573 g/mol. The maximum atomic E-state index is 14.4. The van der Waals surface area contributed by atoms with Crippen LogP contribution in [0.1, 0.15) is 40.2 Å². The number of aliphatic hydroxyl groups is 1. The number of halogens is 7. The fourth-order valence-electron chi connectivity index (χ4n) is 4.24. The molecule has 0 spiro atoms. The Bertz CT molecular complexity index is 1440. The van der Waals surface area contributed by atoms with Gasteiger partial charge in [0.15, 0.2) is 17.1 Å². The first kappa shape index (κ1) is 29.2. The fraction of sp³-hybridized carbons (Fsp3) is 0.346. The van der Waals surface area contributed by atoms with Gasteiger partial charge in [0.2, 0.25) is 5.60 Å². The van der Waals surface area contributed by atoms with Crippen molar-refractivity contribution < 1.29 is 50.1 Å². The van der Waals surface area contributed by atoms with Crippen molar-refractivity contribution in [3.8, 4) is 22.8 Å². The van der Waals surface area contributed by atoms with Crippen LogP contribution in [0.3, 0.4) is 0 Å². The zero-order valence-electron chi connectivity index (χ0n) is 21.0. The summed E-state index contributed by atoms with van der Waals surface area (Å²) in [4.78, 5) is 20.4. The summed E-state index contributed by atoms with van der Waals surface area (Å²) in [6.45, 7) is 0.456. The van der Waals surface area contributed by atoms with E-state index >= 15 is 0 Å². The summed E-state index contributed by atoms with van der Waals surface area (Å²) in [6.07, 6.45) is -11.6. The number of hydrogen-bond acceptors (Lipinski definition) is 7. The standard InChI is InChI=1S/C26H22F7N3O4/c1-13-11-35-17(10-19(13)39-2)18(37)7-8-24(38,26(31,32)33)20-9-16-22(40-12-23(16,34)25(28,29)30)21(36-20)14-3-5-15(27)6-4-14/h3-6,9-11,38H,7-8,12,34H2,1-2H3/t23-,24-/m0/s1. The minimum atomic E-state index is -5.50. The molecule has 14 heteroatoms. The predicted octanol–water partition coefficient (Wildman–Crippen LogP) is 5.12. The number of alkyl halides is 6. The van der Waals surface area contributed by atoms with Gasteiger partial charge in [0.05, 0.1) is 12.8 Å². The first-order chi connectivity index (χ1) is 18.5. The highest BCUT2D eigenvalue weighted by Gasteiger charge is 2.61. The molecule has 1 aliphatic rings. The van der Waals surface area contributed by atoms with Crippen molar-refractivity contribution >= 4 is 5.78 Å². The normalized spacial score (nSPS) is 18.6. The smallest absolute Gasteiger partial charge is 0.422 e. The minimum absolute atomic E-state index is 0.0949. The lowest BCUT2D eigenvalue weighted by atomic mass is 9.85. The number of hydrogen-bond donors (Lipinski definition) is 2. The highest BCUT2D eigenvalue weighted by molar-refractivity contribution is 5.94. The lowest BCUT2D eigenvalue weighted by molar-refractivity contribution is -0.270. The van der Waals surface area contributed by atoms with Crippen LogP contribution in [0.25, 0.3) is 11.3 Å². The third kappa shape index (κ3) is 4.96. The Hall–Kier alpha value is -3.78. The number of carbonyl (C=O) groups excluding carboxylic acids is 1. The van der Waals surface area contributed by atoms with E-state index in [0.29, 0.717) is 11.6 Å². The molecular weight excluding hydrogens is 551 g/mol. The van der Waals surface area contributed by atoms with E-state index in [1.807, 2.05) is 0 Å². The van der Waals surface area contributed by atoms with Crippen LogP contribution in [0, 0.1) is 12.7 Å². The van der Waals surface area contributed by atoms with Crippen LogP contribution in [-0.4, -0.2) is 46.9 Å². The number of ketones is 1. The van der Waals surface area contributed by atoms with Crippen LogP contribution in [0.5, 0.6) is 11.5 Å². The van der Waals surface area contributed by atoms with Crippen LogP contribution in [0.15, 0.2) is 42.6 Å². The molecule has 0 fully saturated rings. The molecule has 40 heavy (non-hydrogen) atoms. The predicted molar refractivity (Wildman–Crippen MR) is 126 cm³/mol.